The number of anilines is 1. The van der Waals surface area contributed by atoms with E-state index in [2.05, 4.69) is 16.0 Å². The number of fused-ring (bicyclic) bond motifs is 1. The average molecular weight is 404 g/mol. The molecular weight excluding hydrogens is 385 g/mol. The number of hydrogen-bond acceptors (Lipinski definition) is 5. The number of rotatable bonds is 3. The molecule has 2 heterocycles. The zero-order chi connectivity index (χ0) is 19.3. The van der Waals surface area contributed by atoms with E-state index >= 15 is 0 Å². The summed E-state index contributed by atoms with van der Waals surface area (Å²) in [5.74, 6) is 0.154. The van der Waals surface area contributed by atoms with E-state index in [0.717, 1.165) is 13.0 Å². The Morgan fingerprint density at radius 1 is 1.30 bits per heavy atom. The van der Waals surface area contributed by atoms with Crippen LogP contribution in [0.25, 0.3) is 11.1 Å². The fourth-order valence-corrected chi connectivity index (χ4v) is 4.28. The second kappa shape index (κ2) is 6.78. The Hall–Kier alpha value is -2.15. The summed E-state index contributed by atoms with van der Waals surface area (Å²) < 4.78 is 0. The molecule has 6 nitrogen and oxygen atoms in total. The topological polar surface area (TPSA) is 98.1 Å². The molecule has 0 spiro atoms. The number of aryl methyl sites for hydroxylation is 1. The fourth-order valence-electron chi connectivity index (χ4n) is 3.88. The standard InChI is InChI=1S/C19H19Cl2N5O/c1-9-15(11-3-2-4-13(20)16(11)21)17(18(23)27)25-19(24-9)26-7-10-5-6-14(22)12(10)8-26/h2-5,12,14H,6-8,22H2,1H3,(H2,23,27)/t12-,14-/m0/s1. The van der Waals surface area contributed by atoms with E-state index in [1.165, 1.54) is 5.57 Å². The number of nitrogens with zero attached hydrogens (tertiary/aromatic N) is 3. The molecule has 2 aromatic rings. The van der Waals surface area contributed by atoms with Crippen LogP contribution in [0.4, 0.5) is 5.95 Å². The molecule has 2 atom stereocenters. The molecule has 140 valence electrons. The molecule has 1 saturated heterocycles. The van der Waals surface area contributed by atoms with Gasteiger partial charge in [0, 0.05) is 36.2 Å². The second-order valence-electron chi connectivity index (χ2n) is 6.96. The summed E-state index contributed by atoms with van der Waals surface area (Å²) in [4.78, 5) is 23.3. The lowest BCUT2D eigenvalue weighted by Gasteiger charge is -2.20. The molecule has 1 aliphatic carbocycles. The number of primary amides is 1. The number of aromatic nitrogens is 2. The van der Waals surface area contributed by atoms with E-state index in [4.69, 9.17) is 34.7 Å². The third-order valence-electron chi connectivity index (χ3n) is 5.25. The highest BCUT2D eigenvalue weighted by Gasteiger charge is 2.36. The zero-order valence-electron chi connectivity index (χ0n) is 14.7. The lowest BCUT2D eigenvalue weighted by molar-refractivity contribution is 0.0996. The van der Waals surface area contributed by atoms with Crippen LogP contribution in [-0.2, 0) is 0 Å². The molecule has 8 heteroatoms. The highest BCUT2D eigenvalue weighted by molar-refractivity contribution is 6.43. The third-order valence-corrected chi connectivity index (χ3v) is 6.07. The molecular formula is C19H19Cl2N5O. The van der Waals surface area contributed by atoms with Crippen molar-refractivity contribution in [3.63, 3.8) is 0 Å². The monoisotopic (exact) mass is 403 g/mol. The van der Waals surface area contributed by atoms with Crippen LogP contribution < -0.4 is 16.4 Å². The summed E-state index contributed by atoms with van der Waals surface area (Å²) in [6, 6.07) is 5.35. The lowest BCUT2D eigenvalue weighted by atomic mass is 10.0. The van der Waals surface area contributed by atoms with E-state index in [1.54, 1.807) is 18.2 Å². The Bertz CT molecular complexity index is 975. The molecule has 1 fully saturated rings. The Morgan fingerprint density at radius 2 is 2.07 bits per heavy atom. The predicted octanol–water partition coefficient (Wildman–Crippen LogP) is 2.95. The smallest absolute Gasteiger partial charge is 0.268 e. The van der Waals surface area contributed by atoms with Crippen molar-refractivity contribution in [2.75, 3.05) is 18.0 Å². The molecule has 4 rings (SSSR count). The first kappa shape index (κ1) is 18.2. The summed E-state index contributed by atoms with van der Waals surface area (Å²) in [5.41, 5.74) is 15.0. The minimum Gasteiger partial charge on any atom is -0.364 e. The van der Waals surface area contributed by atoms with Gasteiger partial charge in [0.15, 0.2) is 0 Å². The van der Waals surface area contributed by atoms with Gasteiger partial charge >= 0.3 is 0 Å². The number of hydrogen-bond donors (Lipinski definition) is 2. The highest BCUT2D eigenvalue weighted by atomic mass is 35.5. The van der Waals surface area contributed by atoms with Crippen LogP contribution in [0.15, 0.2) is 29.8 Å². The lowest BCUT2D eigenvalue weighted by Crippen LogP contribution is -2.31. The van der Waals surface area contributed by atoms with Crippen molar-refractivity contribution in [3.05, 3.63) is 51.3 Å². The Balaban J connectivity index is 1.80. The van der Waals surface area contributed by atoms with Crippen LogP contribution >= 0.6 is 23.2 Å². The van der Waals surface area contributed by atoms with Crippen molar-refractivity contribution in [2.45, 2.75) is 19.4 Å². The van der Waals surface area contributed by atoms with Crippen molar-refractivity contribution in [3.8, 4) is 11.1 Å². The SMILES string of the molecule is Cc1nc(N2CC3=CC[C@H](N)[C@H]3C2)nc(C(N)=O)c1-c1cccc(Cl)c1Cl. The van der Waals surface area contributed by atoms with Gasteiger partial charge in [0.05, 0.1) is 15.7 Å². The minimum atomic E-state index is -0.636. The third kappa shape index (κ3) is 3.08. The van der Waals surface area contributed by atoms with E-state index in [-0.39, 0.29) is 11.7 Å². The first-order chi connectivity index (χ1) is 12.9. The normalized spacial score (nSPS) is 21.3. The maximum absolute atomic E-state index is 12.2. The van der Waals surface area contributed by atoms with E-state index in [9.17, 15) is 4.79 Å². The summed E-state index contributed by atoms with van der Waals surface area (Å²) in [6.07, 6.45) is 3.10. The molecule has 27 heavy (non-hydrogen) atoms. The fraction of sp³-hybridized carbons (Fsp3) is 0.316. The largest absolute Gasteiger partial charge is 0.364 e. The molecule has 0 radical (unpaired) electrons. The molecule has 1 aliphatic heterocycles. The van der Waals surface area contributed by atoms with Crippen molar-refractivity contribution in [1.82, 2.24) is 9.97 Å². The van der Waals surface area contributed by atoms with Gasteiger partial charge in [-0.25, -0.2) is 9.97 Å². The van der Waals surface area contributed by atoms with E-state index in [0.29, 0.717) is 45.3 Å². The van der Waals surface area contributed by atoms with Crippen molar-refractivity contribution in [2.24, 2.45) is 17.4 Å². The van der Waals surface area contributed by atoms with Gasteiger partial charge in [0.2, 0.25) is 5.95 Å². The zero-order valence-corrected chi connectivity index (χ0v) is 16.3. The summed E-state index contributed by atoms with van der Waals surface area (Å²) in [6.45, 7) is 3.27. The molecule has 2 aliphatic rings. The van der Waals surface area contributed by atoms with E-state index in [1.807, 2.05) is 11.8 Å². The second-order valence-corrected chi connectivity index (χ2v) is 7.75. The molecule has 1 amide bonds. The molecule has 1 aromatic heterocycles. The van der Waals surface area contributed by atoms with Crippen molar-refractivity contribution >= 4 is 35.1 Å². The number of amides is 1. The maximum atomic E-state index is 12.2. The van der Waals surface area contributed by atoms with Crippen LogP contribution in [0.2, 0.25) is 10.0 Å². The summed E-state index contributed by atoms with van der Waals surface area (Å²) >= 11 is 12.5. The molecule has 0 saturated carbocycles. The van der Waals surface area contributed by atoms with Crippen molar-refractivity contribution in [1.29, 1.82) is 0 Å². The number of benzene rings is 1. The minimum absolute atomic E-state index is 0.131. The Morgan fingerprint density at radius 3 is 2.78 bits per heavy atom. The predicted molar refractivity (Wildman–Crippen MR) is 107 cm³/mol. The van der Waals surface area contributed by atoms with Crippen LogP contribution in [-0.4, -0.2) is 35.0 Å². The Labute approximate surface area is 167 Å². The first-order valence-corrected chi connectivity index (χ1v) is 9.44. The quantitative estimate of drug-likeness (QED) is 0.767. The van der Waals surface area contributed by atoms with Gasteiger partial charge in [-0.1, -0.05) is 41.4 Å². The Kier molecular flexibility index (Phi) is 4.58. The number of carbonyl (C=O) groups excluding carboxylic acids is 1. The van der Waals surface area contributed by atoms with Crippen LogP contribution in [0.3, 0.4) is 0 Å². The maximum Gasteiger partial charge on any atom is 0.268 e. The summed E-state index contributed by atoms with van der Waals surface area (Å²) in [5, 5.41) is 0.731. The van der Waals surface area contributed by atoms with Gasteiger partial charge in [0.25, 0.3) is 5.91 Å². The first-order valence-electron chi connectivity index (χ1n) is 8.69. The van der Waals surface area contributed by atoms with Gasteiger partial charge in [-0.3, -0.25) is 4.79 Å². The molecule has 0 unspecified atom stereocenters. The number of halogens is 2. The van der Waals surface area contributed by atoms with Crippen molar-refractivity contribution < 1.29 is 4.79 Å². The van der Waals surface area contributed by atoms with Crippen LogP contribution in [0.5, 0.6) is 0 Å². The van der Waals surface area contributed by atoms with Crippen LogP contribution in [0.1, 0.15) is 22.6 Å². The molecule has 4 N–H and O–H groups in total. The van der Waals surface area contributed by atoms with Gasteiger partial charge in [-0.15, -0.1) is 0 Å². The molecule has 0 bridgehead atoms. The highest BCUT2D eigenvalue weighted by Crippen LogP contribution is 2.38. The average Bonchev–Trinajstić information content (AvgIpc) is 3.19. The van der Waals surface area contributed by atoms with Gasteiger partial charge in [0.1, 0.15) is 5.69 Å². The van der Waals surface area contributed by atoms with Crippen LogP contribution in [0, 0.1) is 12.8 Å². The van der Waals surface area contributed by atoms with Gasteiger partial charge < -0.3 is 16.4 Å². The molecule has 1 aromatic carbocycles. The number of nitrogens with two attached hydrogens (primary N) is 2. The van der Waals surface area contributed by atoms with Gasteiger partial charge in [-0.05, 0) is 25.0 Å². The van der Waals surface area contributed by atoms with E-state index < -0.39 is 5.91 Å². The summed E-state index contributed by atoms with van der Waals surface area (Å²) in [7, 11) is 0. The van der Waals surface area contributed by atoms with Gasteiger partial charge in [-0.2, -0.15) is 0 Å². The number of carbonyl (C=O) groups is 1.